The quantitative estimate of drug-likeness (QED) is 0.561. The molecular weight excluding hydrogens is 350 g/mol. The molecule has 0 spiro atoms. The minimum absolute atomic E-state index is 0.779. The summed E-state index contributed by atoms with van der Waals surface area (Å²) in [5.41, 5.74) is 5.99. The van der Waals surface area contributed by atoms with Gasteiger partial charge in [-0.15, -0.1) is 0 Å². The van der Waals surface area contributed by atoms with Crippen LogP contribution in [0.1, 0.15) is 22.3 Å². The van der Waals surface area contributed by atoms with Crippen molar-refractivity contribution in [1.29, 1.82) is 0 Å². The first-order valence-electron chi connectivity index (χ1n) is 6.11. The van der Waals surface area contributed by atoms with Crippen LogP contribution in [-0.4, -0.2) is 26.3 Å². The van der Waals surface area contributed by atoms with Gasteiger partial charge in [0.15, 0.2) is 0 Å². The zero-order chi connectivity index (χ0) is 12.8. The molecule has 2 aromatic carbocycles. The molecule has 0 heterocycles. The van der Waals surface area contributed by atoms with Crippen LogP contribution in [0.4, 0.5) is 0 Å². The summed E-state index contributed by atoms with van der Waals surface area (Å²) in [6.45, 7) is 4.44. The van der Waals surface area contributed by atoms with E-state index in [9.17, 15) is 0 Å². The number of benzene rings is 2. The minimum atomic E-state index is 0.779. The second-order valence-corrected chi connectivity index (χ2v) is 11.7. The molecule has 0 saturated carbocycles. The van der Waals surface area contributed by atoms with Gasteiger partial charge in [0.05, 0.1) is 0 Å². The molecule has 0 bridgehead atoms. The van der Waals surface area contributed by atoms with Gasteiger partial charge in [0.1, 0.15) is 0 Å². The van der Waals surface area contributed by atoms with Crippen molar-refractivity contribution in [3.8, 4) is 0 Å². The van der Waals surface area contributed by atoms with Gasteiger partial charge in [-0.25, -0.2) is 0 Å². The van der Waals surface area contributed by atoms with Gasteiger partial charge in [-0.2, -0.15) is 0 Å². The summed E-state index contributed by atoms with van der Waals surface area (Å²) in [5.74, 6) is 0. The molecule has 0 atom stereocenters. The van der Waals surface area contributed by atoms with E-state index in [0.717, 1.165) is 26.3 Å². The van der Waals surface area contributed by atoms with Crippen LogP contribution in [0, 0.1) is 13.8 Å². The van der Waals surface area contributed by atoms with Crippen molar-refractivity contribution in [2.75, 3.05) is 0 Å². The van der Waals surface area contributed by atoms with Crippen LogP contribution in [0.15, 0.2) is 48.5 Å². The van der Waals surface area contributed by atoms with Crippen molar-refractivity contribution in [2.24, 2.45) is 0 Å². The predicted octanol–water partition coefficient (Wildman–Crippen LogP) is 3.33. The summed E-state index contributed by atoms with van der Waals surface area (Å²) >= 11 is 1.56. The fourth-order valence-electron chi connectivity index (χ4n) is 1.75. The molecule has 0 amide bonds. The molecule has 2 heteroatoms. The Morgan fingerprint density at radius 3 is 1.44 bits per heavy atom. The summed E-state index contributed by atoms with van der Waals surface area (Å²) in [7, 11) is 0. The van der Waals surface area contributed by atoms with E-state index in [-0.39, 0.29) is 0 Å². The van der Waals surface area contributed by atoms with Gasteiger partial charge in [0.2, 0.25) is 0 Å². The molecule has 0 nitrogen and oxygen atoms in total. The number of aryl methyl sites for hydroxylation is 2. The summed E-state index contributed by atoms with van der Waals surface area (Å²) in [6.07, 6.45) is 0. The first-order chi connectivity index (χ1) is 8.77. The first kappa shape index (κ1) is 13.9. The van der Waals surface area contributed by atoms with Crippen molar-refractivity contribution in [1.82, 2.24) is 0 Å². The van der Waals surface area contributed by atoms with Crippen molar-refractivity contribution in [2.45, 2.75) is 24.5 Å². The van der Waals surface area contributed by atoms with Gasteiger partial charge in [-0.3, -0.25) is 0 Å². The monoisotopic (exact) mass is 370 g/mol. The summed E-state index contributed by atoms with van der Waals surface area (Å²) in [6, 6.07) is 17.6. The summed E-state index contributed by atoms with van der Waals surface area (Å²) in [5, 5.41) is 2.59. The van der Waals surface area contributed by atoms with Gasteiger partial charge in [0.25, 0.3) is 0 Å². The van der Waals surface area contributed by atoms with E-state index in [1.807, 2.05) is 0 Å². The molecule has 2 aromatic rings. The van der Waals surface area contributed by atoms with Crippen molar-refractivity contribution < 1.29 is 0 Å². The van der Waals surface area contributed by atoms with Crippen molar-refractivity contribution >= 4 is 26.3 Å². The Labute approximate surface area is 121 Å². The molecule has 0 N–H and O–H groups in total. The van der Waals surface area contributed by atoms with E-state index in [4.69, 9.17) is 0 Å². The molecule has 94 valence electrons. The second-order valence-electron chi connectivity index (χ2n) is 4.38. The standard InChI is InChI=1S/C16H18Se2/c1-13-7-3-5-9-15(13)11-17-18-12-16-10-6-4-8-14(16)2/h3-10H,11-12H2,1-2H3. The number of hydrogen-bond acceptors (Lipinski definition) is 0. The van der Waals surface area contributed by atoms with Crippen LogP contribution in [-0.2, 0) is 10.6 Å². The Hall–Kier alpha value is -0.521. The Morgan fingerprint density at radius 2 is 1.06 bits per heavy atom. The summed E-state index contributed by atoms with van der Waals surface area (Å²) in [4.78, 5) is 0. The molecule has 0 saturated heterocycles. The third kappa shape index (κ3) is 4.00. The molecule has 0 fully saturated rings. The molecule has 0 unspecified atom stereocenters. The van der Waals surface area contributed by atoms with Gasteiger partial charge < -0.3 is 0 Å². The molecule has 0 aromatic heterocycles. The SMILES string of the molecule is Cc1ccccc1C[Se][Se]Cc1ccccc1C. The zero-order valence-corrected chi connectivity index (χ0v) is 14.3. The molecule has 2 rings (SSSR count). The maximum absolute atomic E-state index is 2.28. The molecule has 0 radical (unpaired) electrons. The van der Waals surface area contributed by atoms with Crippen LogP contribution in [0.25, 0.3) is 0 Å². The molecule has 0 aliphatic carbocycles. The Morgan fingerprint density at radius 1 is 0.667 bits per heavy atom. The van der Waals surface area contributed by atoms with Crippen LogP contribution in [0.5, 0.6) is 0 Å². The van der Waals surface area contributed by atoms with Gasteiger partial charge >= 0.3 is 122 Å². The number of rotatable bonds is 5. The third-order valence-corrected chi connectivity index (χ3v) is 9.57. The second kappa shape index (κ2) is 7.16. The molecule has 18 heavy (non-hydrogen) atoms. The van der Waals surface area contributed by atoms with Crippen molar-refractivity contribution in [3.63, 3.8) is 0 Å². The maximum atomic E-state index is 2.28. The average Bonchev–Trinajstić information content (AvgIpc) is 2.38. The number of hydrogen-bond donors (Lipinski definition) is 0. The van der Waals surface area contributed by atoms with Crippen LogP contribution in [0.2, 0.25) is 0 Å². The zero-order valence-electron chi connectivity index (χ0n) is 10.8. The van der Waals surface area contributed by atoms with E-state index in [2.05, 4.69) is 62.4 Å². The normalized spacial score (nSPS) is 10.6. The molecule has 0 aliphatic heterocycles. The van der Waals surface area contributed by atoms with E-state index in [1.54, 1.807) is 11.1 Å². The topological polar surface area (TPSA) is 0 Å². The van der Waals surface area contributed by atoms with Gasteiger partial charge in [-0.05, 0) is 0 Å². The van der Waals surface area contributed by atoms with Crippen LogP contribution < -0.4 is 0 Å². The molecule has 0 aliphatic rings. The Balaban J connectivity index is 1.80. The van der Waals surface area contributed by atoms with Crippen molar-refractivity contribution in [3.05, 3.63) is 70.8 Å². The van der Waals surface area contributed by atoms with E-state index >= 15 is 0 Å². The summed E-state index contributed by atoms with van der Waals surface area (Å²) < 4.78 is 0. The Bertz CT molecular complexity index is 458. The van der Waals surface area contributed by atoms with E-state index in [1.165, 1.54) is 21.8 Å². The van der Waals surface area contributed by atoms with Gasteiger partial charge in [-0.1, -0.05) is 0 Å². The first-order valence-corrected chi connectivity index (χ1v) is 12.9. The van der Waals surface area contributed by atoms with Crippen LogP contribution >= 0.6 is 0 Å². The van der Waals surface area contributed by atoms with E-state index < -0.39 is 0 Å². The fraction of sp³-hybridized carbons (Fsp3) is 0.250. The third-order valence-electron chi connectivity index (χ3n) is 3.03. The Kier molecular flexibility index (Phi) is 5.53. The van der Waals surface area contributed by atoms with Gasteiger partial charge in [0, 0.05) is 0 Å². The van der Waals surface area contributed by atoms with E-state index in [0.29, 0.717) is 0 Å². The average molecular weight is 368 g/mol. The predicted molar refractivity (Wildman–Crippen MR) is 81.3 cm³/mol. The fourth-order valence-corrected chi connectivity index (χ4v) is 8.58. The van der Waals surface area contributed by atoms with Crippen LogP contribution in [0.3, 0.4) is 0 Å². The molecular formula is C16H18Se2.